The van der Waals surface area contributed by atoms with Gasteiger partial charge in [0.15, 0.2) is 0 Å². The lowest BCUT2D eigenvalue weighted by atomic mass is 11.5. The van der Waals surface area contributed by atoms with Crippen LogP contribution < -0.4 is 0 Å². The van der Waals surface area contributed by atoms with E-state index in [4.69, 9.17) is 0 Å². The maximum atomic E-state index is 10.4. The Bertz CT molecular complexity index is 244. The molecule has 8 nitrogen and oxygen atoms in total. The van der Waals surface area contributed by atoms with Gasteiger partial charge < -0.3 is 0 Å². The van der Waals surface area contributed by atoms with E-state index < -0.39 is 31.4 Å². The van der Waals surface area contributed by atoms with Gasteiger partial charge in [0.05, 0.1) is 0 Å². The van der Waals surface area contributed by atoms with Gasteiger partial charge in [-0.3, -0.25) is 20.2 Å². The fourth-order valence-corrected chi connectivity index (χ4v) is 1.09. The molecule has 0 aliphatic carbocycles. The highest BCUT2D eigenvalue weighted by atomic mass is 32.2. The lowest BCUT2D eigenvalue weighted by Crippen LogP contribution is -2.22. The molecule has 0 atom stereocenters. The molecule has 64 valence electrons. The summed E-state index contributed by atoms with van der Waals surface area (Å²) in [6.45, 7) is 0. The normalized spacial score (nSPS) is 10.9. The summed E-state index contributed by atoms with van der Waals surface area (Å²) in [5.74, 6) is -2.79. The minimum Gasteiger partial charge on any atom is -0.263 e. The lowest BCUT2D eigenvalue weighted by Gasteiger charge is -1.91. The summed E-state index contributed by atoms with van der Waals surface area (Å²) in [7, 11) is -4.18. The van der Waals surface area contributed by atoms with Crippen molar-refractivity contribution in [2.45, 2.75) is 0 Å². The van der Waals surface area contributed by atoms with Crippen LogP contribution in [-0.4, -0.2) is 30.0 Å². The zero-order valence-electron chi connectivity index (χ0n) is 5.17. The molecular weight excluding hydrogens is 180 g/mol. The molecule has 0 aromatic heterocycles. The zero-order chi connectivity index (χ0) is 9.07. The van der Waals surface area contributed by atoms with Gasteiger partial charge in [-0.25, -0.2) is 8.42 Å². The van der Waals surface area contributed by atoms with Crippen LogP contribution in [0.2, 0.25) is 0 Å². The summed E-state index contributed by atoms with van der Waals surface area (Å²) < 4.78 is 20.7. The van der Waals surface area contributed by atoms with Gasteiger partial charge in [-0.2, -0.15) is 0 Å². The summed E-state index contributed by atoms with van der Waals surface area (Å²) in [4.78, 5) is 16.9. The van der Waals surface area contributed by atoms with Crippen molar-refractivity contribution < 1.29 is 18.3 Å². The number of hydrogen-bond acceptors (Lipinski definition) is 6. The molecule has 0 heterocycles. The molecule has 0 aliphatic heterocycles. The van der Waals surface area contributed by atoms with Gasteiger partial charge >= 0.3 is 11.8 Å². The Kier molecular flexibility index (Phi) is 2.87. The Morgan fingerprint density at radius 1 is 1.00 bits per heavy atom. The second-order valence-electron chi connectivity index (χ2n) is 1.67. The maximum absolute atomic E-state index is 10.4. The lowest BCUT2D eigenvalue weighted by molar-refractivity contribution is -0.470. The van der Waals surface area contributed by atoms with Gasteiger partial charge in [-0.1, -0.05) is 0 Å². The largest absolute Gasteiger partial charge is 0.308 e. The first-order chi connectivity index (χ1) is 4.83. The van der Waals surface area contributed by atoms with Crippen molar-refractivity contribution in [1.29, 1.82) is 0 Å². The van der Waals surface area contributed by atoms with Gasteiger partial charge in [0.1, 0.15) is 0 Å². The van der Waals surface area contributed by atoms with Crippen LogP contribution in [0.1, 0.15) is 0 Å². The van der Waals surface area contributed by atoms with Gasteiger partial charge in [0.25, 0.3) is 9.84 Å². The SMILES string of the molecule is O=[N+]([O-])CS(=O)(=O)C[N+](=O)[O-]. The molecule has 0 bridgehead atoms. The summed E-state index contributed by atoms with van der Waals surface area (Å²) in [6.07, 6.45) is 0. The van der Waals surface area contributed by atoms with E-state index >= 15 is 0 Å². The van der Waals surface area contributed by atoms with Crippen LogP contribution in [0.4, 0.5) is 0 Å². The zero-order valence-corrected chi connectivity index (χ0v) is 5.98. The van der Waals surface area contributed by atoms with Crippen molar-refractivity contribution in [3.63, 3.8) is 0 Å². The molecule has 11 heavy (non-hydrogen) atoms. The Hall–Kier alpha value is -1.25. The van der Waals surface area contributed by atoms with Crippen LogP contribution in [0, 0.1) is 20.2 Å². The predicted octanol–water partition coefficient (Wildman–Crippen LogP) is -1.13. The molecule has 0 spiro atoms. The van der Waals surface area contributed by atoms with E-state index in [0.717, 1.165) is 0 Å². The molecule has 0 aromatic carbocycles. The van der Waals surface area contributed by atoms with Crippen molar-refractivity contribution in [3.8, 4) is 0 Å². The van der Waals surface area contributed by atoms with Gasteiger partial charge in [0, 0.05) is 9.85 Å². The van der Waals surface area contributed by atoms with Crippen LogP contribution in [0.15, 0.2) is 0 Å². The second kappa shape index (κ2) is 3.23. The van der Waals surface area contributed by atoms with E-state index in [-0.39, 0.29) is 0 Å². The first-order valence-electron chi connectivity index (χ1n) is 2.27. The molecule has 0 N–H and O–H groups in total. The Labute approximate surface area is 61.0 Å². The highest BCUT2D eigenvalue weighted by molar-refractivity contribution is 7.90. The average Bonchev–Trinajstić information content (AvgIpc) is 1.53. The molecular formula is C2H4N2O6S. The first kappa shape index (κ1) is 9.75. The van der Waals surface area contributed by atoms with E-state index in [0.29, 0.717) is 0 Å². The molecule has 0 amide bonds. The molecule has 0 unspecified atom stereocenters. The number of hydrogen-bond donors (Lipinski definition) is 0. The fraction of sp³-hybridized carbons (Fsp3) is 1.00. The molecule has 0 fully saturated rings. The van der Waals surface area contributed by atoms with Crippen molar-refractivity contribution >= 4 is 9.84 Å². The number of nitro groups is 2. The third-order valence-corrected chi connectivity index (χ3v) is 1.81. The average molecular weight is 184 g/mol. The summed E-state index contributed by atoms with van der Waals surface area (Å²) in [5, 5.41) is 19.2. The predicted molar refractivity (Wildman–Crippen MR) is 32.6 cm³/mol. The maximum Gasteiger partial charge on any atom is 0.308 e. The third kappa shape index (κ3) is 5.21. The summed E-state index contributed by atoms with van der Waals surface area (Å²) in [6, 6.07) is 0. The van der Waals surface area contributed by atoms with E-state index in [1.165, 1.54) is 0 Å². The van der Waals surface area contributed by atoms with Gasteiger partial charge in [0.2, 0.25) is 0 Å². The van der Waals surface area contributed by atoms with Crippen LogP contribution in [0.25, 0.3) is 0 Å². The second-order valence-corrected chi connectivity index (χ2v) is 3.67. The summed E-state index contributed by atoms with van der Waals surface area (Å²) in [5.41, 5.74) is 0. The highest BCUT2D eigenvalue weighted by Gasteiger charge is 2.24. The van der Waals surface area contributed by atoms with Gasteiger partial charge in [-0.15, -0.1) is 0 Å². The molecule has 0 saturated heterocycles. The van der Waals surface area contributed by atoms with Crippen molar-refractivity contribution in [1.82, 2.24) is 0 Å². The standard InChI is InChI=1S/C2H4N2O6S/c5-3(6)1-11(9,10)2-4(7)8/h1-2H2. The minimum absolute atomic E-state index is 1.13. The fourth-order valence-electron chi connectivity index (χ4n) is 0.362. The van der Waals surface area contributed by atoms with Crippen LogP contribution in [0.5, 0.6) is 0 Å². The molecule has 0 radical (unpaired) electrons. The summed E-state index contributed by atoms with van der Waals surface area (Å²) >= 11 is 0. The van der Waals surface area contributed by atoms with E-state index in [1.807, 2.05) is 0 Å². The van der Waals surface area contributed by atoms with Crippen LogP contribution in [-0.2, 0) is 9.84 Å². The topological polar surface area (TPSA) is 120 Å². The number of sulfone groups is 1. The Morgan fingerprint density at radius 3 is 1.45 bits per heavy atom. The van der Waals surface area contributed by atoms with Gasteiger partial charge in [-0.05, 0) is 0 Å². The molecule has 0 rings (SSSR count). The van der Waals surface area contributed by atoms with E-state index in [9.17, 15) is 28.6 Å². The van der Waals surface area contributed by atoms with Crippen LogP contribution in [0.3, 0.4) is 0 Å². The van der Waals surface area contributed by atoms with Crippen LogP contribution >= 0.6 is 0 Å². The van der Waals surface area contributed by atoms with E-state index in [2.05, 4.69) is 0 Å². The molecule has 9 heteroatoms. The molecule has 0 saturated carbocycles. The van der Waals surface area contributed by atoms with E-state index in [1.54, 1.807) is 0 Å². The molecule has 0 aromatic rings. The quantitative estimate of drug-likeness (QED) is 0.402. The molecule has 0 aliphatic rings. The number of rotatable bonds is 4. The number of nitrogens with zero attached hydrogens (tertiary/aromatic N) is 2. The third-order valence-electron chi connectivity index (χ3n) is 0.604. The monoisotopic (exact) mass is 184 g/mol. The first-order valence-corrected chi connectivity index (χ1v) is 4.09. The van der Waals surface area contributed by atoms with Crippen molar-refractivity contribution in [3.05, 3.63) is 20.2 Å². The Morgan fingerprint density at radius 2 is 1.27 bits per heavy atom. The smallest absolute Gasteiger partial charge is 0.263 e. The van der Waals surface area contributed by atoms with Crippen molar-refractivity contribution in [2.75, 3.05) is 11.8 Å². The minimum atomic E-state index is -4.18. The van der Waals surface area contributed by atoms with Crippen molar-refractivity contribution in [2.24, 2.45) is 0 Å². The highest BCUT2D eigenvalue weighted by Crippen LogP contribution is 1.89. The Balaban J connectivity index is 4.25.